The van der Waals surface area contributed by atoms with Crippen molar-refractivity contribution < 1.29 is 27.4 Å². The van der Waals surface area contributed by atoms with Gasteiger partial charge < -0.3 is 9.84 Å². The van der Waals surface area contributed by atoms with Crippen molar-refractivity contribution in [1.82, 2.24) is 4.31 Å². The van der Waals surface area contributed by atoms with Crippen LogP contribution < -0.4 is 0 Å². The third-order valence-corrected chi connectivity index (χ3v) is 4.83. The van der Waals surface area contributed by atoms with Crippen LogP contribution in [0.2, 0.25) is 0 Å². The van der Waals surface area contributed by atoms with Crippen LogP contribution in [-0.2, 0) is 25.3 Å². The first-order valence-electron chi connectivity index (χ1n) is 5.94. The van der Waals surface area contributed by atoms with Crippen LogP contribution in [0, 0.1) is 5.82 Å². The zero-order valence-electron chi connectivity index (χ0n) is 10.5. The summed E-state index contributed by atoms with van der Waals surface area (Å²) in [6, 6.07) is 3.85. The first kappa shape index (κ1) is 14.9. The highest BCUT2D eigenvalue weighted by molar-refractivity contribution is 7.88. The van der Waals surface area contributed by atoms with Gasteiger partial charge in [0.25, 0.3) is 0 Å². The Morgan fingerprint density at radius 2 is 2.05 bits per heavy atom. The van der Waals surface area contributed by atoms with Gasteiger partial charge in [-0.1, -0.05) is 12.1 Å². The highest BCUT2D eigenvalue weighted by atomic mass is 32.2. The van der Waals surface area contributed by atoms with Gasteiger partial charge in [-0.25, -0.2) is 12.8 Å². The molecule has 2 rings (SSSR count). The summed E-state index contributed by atoms with van der Waals surface area (Å²) in [5.74, 6) is -2.06. The van der Waals surface area contributed by atoms with Crippen molar-refractivity contribution >= 4 is 16.0 Å². The number of hydrogen-bond acceptors (Lipinski definition) is 4. The quantitative estimate of drug-likeness (QED) is 0.872. The van der Waals surface area contributed by atoms with Crippen LogP contribution in [0.15, 0.2) is 24.3 Å². The Bertz CT molecular complexity index is 586. The molecule has 1 heterocycles. The van der Waals surface area contributed by atoms with Crippen LogP contribution in [0.4, 0.5) is 4.39 Å². The molecule has 1 aliphatic rings. The molecule has 20 heavy (non-hydrogen) atoms. The van der Waals surface area contributed by atoms with Gasteiger partial charge in [-0.2, -0.15) is 4.31 Å². The third kappa shape index (κ3) is 3.33. The van der Waals surface area contributed by atoms with E-state index in [1.165, 1.54) is 24.3 Å². The fourth-order valence-corrected chi connectivity index (χ4v) is 3.66. The molecule has 1 atom stereocenters. The number of carboxylic acids is 1. The number of sulfonamides is 1. The fourth-order valence-electron chi connectivity index (χ4n) is 1.99. The standard InChI is InChI=1S/C12H14FNO5S/c13-10-3-1-9(2-4-10)8-20(17,18)14-5-6-19-7-11(14)12(15)16/h1-4,11H,5-8H2,(H,15,16). The van der Waals surface area contributed by atoms with Gasteiger partial charge in [0, 0.05) is 6.54 Å². The molecular formula is C12H14FNO5S. The number of hydrogen-bond donors (Lipinski definition) is 1. The summed E-state index contributed by atoms with van der Waals surface area (Å²) in [6.07, 6.45) is 0. The fraction of sp³-hybridized carbons (Fsp3) is 0.417. The second-order valence-corrected chi connectivity index (χ2v) is 6.34. The SMILES string of the molecule is O=C(O)C1COCCN1S(=O)(=O)Cc1ccc(F)cc1. The molecule has 110 valence electrons. The van der Waals surface area contributed by atoms with E-state index in [-0.39, 0.29) is 25.5 Å². The second kappa shape index (κ2) is 5.86. The first-order valence-corrected chi connectivity index (χ1v) is 7.55. The zero-order valence-corrected chi connectivity index (χ0v) is 11.3. The van der Waals surface area contributed by atoms with E-state index < -0.39 is 27.9 Å². The lowest BCUT2D eigenvalue weighted by Gasteiger charge is -2.31. The molecule has 1 aromatic rings. The van der Waals surface area contributed by atoms with Crippen molar-refractivity contribution in [3.63, 3.8) is 0 Å². The smallest absolute Gasteiger partial charge is 0.324 e. The van der Waals surface area contributed by atoms with Gasteiger partial charge in [0.15, 0.2) is 0 Å². The lowest BCUT2D eigenvalue weighted by molar-refractivity contribution is -0.146. The van der Waals surface area contributed by atoms with E-state index in [2.05, 4.69) is 0 Å². The number of aliphatic carboxylic acids is 1. The molecule has 0 bridgehead atoms. The number of nitrogens with zero attached hydrogens (tertiary/aromatic N) is 1. The topological polar surface area (TPSA) is 83.9 Å². The molecule has 0 amide bonds. The molecule has 1 saturated heterocycles. The minimum absolute atomic E-state index is 0.000491. The number of carbonyl (C=O) groups is 1. The number of halogens is 1. The summed E-state index contributed by atoms with van der Waals surface area (Å²) in [7, 11) is -3.79. The molecule has 0 aliphatic carbocycles. The van der Waals surface area contributed by atoms with Crippen LogP contribution in [0.5, 0.6) is 0 Å². The lowest BCUT2D eigenvalue weighted by Crippen LogP contribution is -2.52. The molecule has 8 heteroatoms. The van der Waals surface area contributed by atoms with Gasteiger partial charge in [-0.05, 0) is 17.7 Å². The average Bonchev–Trinajstić information content (AvgIpc) is 2.41. The number of ether oxygens (including phenoxy) is 1. The monoisotopic (exact) mass is 303 g/mol. The number of rotatable bonds is 4. The van der Waals surface area contributed by atoms with Crippen LogP contribution in [-0.4, -0.2) is 49.6 Å². The van der Waals surface area contributed by atoms with Gasteiger partial charge in [-0.3, -0.25) is 4.79 Å². The molecule has 6 nitrogen and oxygen atoms in total. The minimum atomic E-state index is -3.79. The molecule has 1 N–H and O–H groups in total. The normalized spacial score (nSPS) is 20.8. The van der Waals surface area contributed by atoms with Gasteiger partial charge in [-0.15, -0.1) is 0 Å². The molecule has 0 aromatic heterocycles. The van der Waals surface area contributed by atoms with Crippen molar-refractivity contribution in [3.8, 4) is 0 Å². The Hall–Kier alpha value is -1.51. The molecule has 0 saturated carbocycles. The second-order valence-electron chi connectivity index (χ2n) is 4.42. The predicted octanol–water partition coefficient (Wildman–Crippen LogP) is 0.441. The van der Waals surface area contributed by atoms with Crippen molar-refractivity contribution in [2.75, 3.05) is 19.8 Å². The van der Waals surface area contributed by atoms with E-state index >= 15 is 0 Å². The predicted molar refractivity (Wildman–Crippen MR) is 68.0 cm³/mol. The van der Waals surface area contributed by atoms with Crippen LogP contribution >= 0.6 is 0 Å². The highest BCUT2D eigenvalue weighted by Crippen LogP contribution is 2.17. The Morgan fingerprint density at radius 1 is 1.40 bits per heavy atom. The van der Waals surface area contributed by atoms with Crippen molar-refractivity contribution in [2.24, 2.45) is 0 Å². The zero-order chi connectivity index (χ0) is 14.8. The summed E-state index contributed by atoms with van der Waals surface area (Å²) in [6.45, 7) is -0.00902. The maximum atomic E-state index is 12.8. The summed E-state index contributed by atoms with van der Waals surface area (Å²) in [4.78, 5) is 11.1. The molecule has 0 spiro atoms. The summed E-state index contributed by atoms with van der Waals surface area (Å²) >= 11 is 0. The van der Waals surface area contributed by atoms with E-state index in [9.17, 15) is 17.6 Å². The first-order chi connectivity index (χ1) is 9.40. The maximum absolute atomic E-state index is 12.8. The van der Waals surface area contributed by atoms with Gasteiger partial charge >= 0.3 is 5.97 Å². The Labute approximate surface area is 115 Å². The summed E-state index contributed by atoms with van der Waals surface area (Å²) < 4.78 is 43.3. The summed E-state index contributed by atoms with van der Waals surface area (Å²) in [5, 5.41) is 9.04. The Kier molecular flexibility index (Phi) is 4.36. The van der Waals surface area contributed by atoms with E-state index in [1.54, 1.807) is 0 Å². The van der Waals surface area contributed by atoms with E-state index in [1.807, 2.05) is 0 Å². The molecule has 1 unspecified atom stereocenters. The van der Waals surface area contributed by atoms with E-state index in [4.69, 9.17) is 9.84 Å². The molecule has 1 fully saturated rings. The number of benzene rings is 1. The minimum Gasteiger partial charge on any atom is -0.480 e. The van der Waals surface area contributed by atoms with E-state index in [0.717, 1.165) is 4.31 Å². The Morgan fingerprint density at radius 3 is 2.65 bits per heavy atom. The molecule has 1 aliphatic heterocycles. The van der Waals surface area contributed by atoms with Crippen molar-refractivity contribution in [1.29, 1.82) is 0 Å². The Balaban J connectivity index is 2.20. The number of carboxylic acid groups (broad SMARTS) is 1. The third-order valence-electron chi connectivity index (χ3n) is 2.98. The summed E-state index contributed by atoms with van der Waals surface area (Å²) in [5.41, 5.74) is 0.405. The van der Waals surface area contributed by atoms with E-state index in [0.29, 0.717) is 5.56 Å². The molecule has 0 radical (unpaired) electrons. The average molecular weight is 303 g/mol. The van der Waals surface area contributed by atoms with Gasteiger partial charge in [0.05, 0.1) is 19.0 Å². The highest BCUT2D eigenvalue weighted by Gasteiger charge is 2.37. The molecular weight excluding hydrogens is 289 g/mol. The van der Waals surface area contributed by atoms with Crippen LogP contribution in [0.25, 0.3) is 0 Å². The van der Waals surface area contributed by atoms with Crippen LogP contribution in [0.3, 0.4) is 0 Å². The van der Waals surface area contributed by atoms with Crippen molar-refractivity contribution in [2.45, 2.75) is 11.8 Å². The maximum Gasteiger partial charge on any atom is 0.324 e. The number of morpholine rings is 1. The lowest BCUT2D eigenvalue weighted by atomic mass is 10.2. The van der Waals surface area contributed by atoms with Gasteiger partial charge in [0.1, 0.15) is 11.9 Å². The van der Waals surface area contributed by atoms with Gasteiger partial charge in [0.2, 0.25) is 10.0 Å². The largest absolute Gasteiger partial charge is 0.480 e. The van der Waals surface area contributed by atoms with Crippen LogP contribution in [0.1, 0.15) is 5.56 Å². The van der Waals surface area contributed by atoms with Crippen molar-refractivity contribution in [3.05, 3.63) is 35.6 Å². The molecule has 1 aromatic carbocycles.